The van der Waals surface area contributed by atoms with Crippen molar-refractivity contribution in [2.75, 3.05) is 19.0 Å². The van der Waals surface area contributed by atoms with Crippen LogP contribution in [0.4, 0.5) is 5.69 Å². The van der Waals surface area contributed by atoms with Crippen molar-refractivity contribution in [1.29, 1.82) is 0 Å². The molecule has 0 spiro atoms. The Morgan fingerprint density at radius 3 is 2.57 bits per heavy atom. The van der Waals surface area contributed by atoms with E-state index in [2.05, 4.69) is 10.6 Å². The summed E-state index contributed by atoms with van der Waals surface area (Å²) in [6.45, 7) is 5.98. The average molecular weight is 342 g/mol. The van der Waals surface area contributed by atoms with Gasteiger partial charge in [-0.25, -0.2) is 0 Å². The Labute approximate surface area is 141 Å². The van der Waals surface area contributed by atoms with Gasteiger partial charge in [0, 0.05) is 18.3 Å². The van der Waals surface area contributed by atoms with Crippen LogP contribution in [-0.2, 0) is 9.53 Å². The third kappa shape index (κ3) is 5.82. The summed E-state index contributed by atoms with van der Waals surface area (Å²) < 4.78 is 4.83. The van der Waals surface area contributed by atoms with E-state index in [1.165, 1.54) is 13.2 Å². The average Bonchev–Trinajstić information content (AvgIpc) is 2.47. The van der Waals surface area contributed by atoms with E-state index in [-0.39, 0.29) is 29.0 Å². The van der Waals surface area contributed by atoms with E-state index in [1.807, 2.05) is 20.8 Å². The molecule has 1 unspecified atom stereocenters. The monoisotopic (exact) mass is 341 g/mol. The molecule has 0 aliphatic rings. The molecule has 0 bridgehead atoms. The molecule has 0 saturated heterocycles. The largest absolute Gasteiger partial charge is 0.383 e. The number of carbonyl (C=O) groups excluding carboxylic acids is 2. The van der Waals surface area contributed by atoms with E-state index < -0.39 is 6.04 Å². The highest BCUT2D eigenvalue weighted by Gasteiger charge is 2.21. The molecule has 1 aromatic carbocycles. The van der Waals surface area contributed by atoms with Crippen LogP contribution in [0.3, 0.4) is 0 Å². The second-order valence-electron chi connectivity index (χ2n) is 5.94. The molecule has 4 N–H and O–H groups in total. The quantitative estimate of drug-likeness (QED) is 0.708. The number of anilines is 1. The molecule has 23 heavy (non-hydrogen) atoms. The molecule has 0 heterocycles. The van der Waals surface area contributed by atoms with Gasteiger partial charge in [-0.1, -0.05) is 18.5 Å². The molecule has 1 aromatic rings. The number of ether oxygens (including phenoxy) is 1. The Morgan fingerprint density at radius 2 is 2.04 bits per heavy atom. The topological polar surface area (TPSA) is 93.5 Å². The second kappa shape index (κ2) is 8.29. The lowest BCUT2D eigenvalue weighted by atomic mass is 10.0. The first-order valence-corrected chi connectivity index (χ1v) is 7.75. The van der Waals surface area contributed by atoms with Crippen molar-refractivity contribution in [3.63, 3.8) is 0 Å². The Bertz CT molecular complexity index is 576. The van der Waals surface area contributed by atoms with Crippen molar-refractivity contribution in [2.24, 2.45) is 5.73 Å². The number of hydrogen-bond donors (Lipinski definition) is 3. The summed E-state index contributed by atoms with van der Waals surface area (Å²) in [5.74, 6) is -0.636. The van der Waals surface area contributed by atoms with Gasteiger partial charge in [0.05, 0.1) is 17.2 Å². The van der Waals surface area contributed by atoms with Gasteiger partial charge < -0.3 is 21.1 Å². The van der Waals surface area contributed by atoms with Crippen LogP contribution >= 0.6 is 11.6 Å². The van der Waals surface area contributed by atoms with Gasteiger partial charge in [0.15, 0.2) is 0 Å². The minimum absolute atomic E-state index is 0.117. The van der Waals surface area contributed by atoms with Gasteiger partial charge in [-0.05, 0) is 38.5 Å². The Morgan fingerprint density at radius 1 is 1.39 bits per heavy atom. The van der Waals surface area contributed by atoms with Gasteiger partial charge in [-0.2, -0.15) is 0 Å². The van der Waals surface area contributed by atoms with Gasteiger partial charge >= 0.3 is 0 Å². The maximum atomic E-state index is 12.2. The predicted octanol–water partition coefficient (Wildman–Crippen LogP) is 2.17. The maximum Gasteiger partial charge on any atom is 0.253 e. The Balaban J connectivity index is 2.82. The standard InChI is InChI=1S/C16H24ClN3O3/c1-5-16(2,3)20-14(21)11-7-6-10(8-12(11)17)19-15(22)13(18)9-23-4/h6-8,13H,5,9,18H2,1-4H3,(H,19,22)(H,20,21). The predicted molar refractivity (Wildman–Crippen MR) is 91.8 cm³/mol. The first kappa shape index (κ1) is 19.4. The number of halogens is 1. The molecule has 1 rings (SSSR count). The molecule has 2 amide bonds. The number of nitrogens with two attached hydrogens (primary N) is 1. The summed E-state index contributed by atoms with van der Waals surface area (Å²) in [5.41, 5.74) is 6.15. The van der Waals surface area contributed by atoms with Gasteiger partial charge in [0.1, 0.15) is 6.04 Å². The van der Waals surface area contributed by atoms with Crippen LogP contribution < -0.4 is 16.4 Å². The molecule has 1 atom stereocenters. The number of amides is 2. The van der Waals surface area contributed by atoms with Crippen molar-refractivity contribution < 1.29 is 14.3 Å². The lowest BCUT2D eigenvalue weighted by molar-refractivity contribution is -0.118. The first-order valence-electron chi connectivity index (χ1n) is 7.37. The van der Waals surface area contributed by atoms with Crippen LogP contribution in [0.15, 0.2) is 18.2 Å². The summed E-state index contributed by atoms with van der Waals surface area (Å²) in [6.07, 6.45) is 0.794. The number of benzene rings is 1. The second-order valence-corrected chi connectivity index (χ2v) is 6.34. The summed E-state index contributed by atoms with van der Waals surface area (Å²) in [4.78, 5) is 24.1. The van der Waals surface area contributed by atoms with E-state index in [0.717, 1.165) is 6.42 Å². The van der Waals surface area contributed by atoms with Gasteiger partial charge in [0.2, 0.25) is 5.91 Å². The molecule has 0 saturated carbocycles. The molecular formula is C16H24ClN3O3. The lowest BCUT2D eigenvalue weighted by Crippen LogP contribution is -2.42. The number of carbonyl (C=O) groups is 2. The molecule has 0 aromatic heterocycles. The molecule has 0 aliphatic heterocycles. The zero-order chi connectivity index (χ0) is 17.6. The molecule has 0 fully saturated rings. The smallest absolute Gasteiger partial charge is 0.253 e. The number of nitrogens with one attached hydrogen (secondary N) is 2. The van der Waals surface area contributed by atoms with Gasteiger partial charge in [-0.3, -0.25) is 9.59 Å². The third-order valence-electron chi connectivity index (χ3n) is 3.50. The van der Waals surface area contributed by atoms with Crippen LogP contribution in [0.25, 0.3) is 0 Å². The molecule has 6 nitrogen and oxygen atoms in total. The molecule has 0 aliphatic carbocycles. The summed E-state index contributed by atoms with van der Waals surface area (Å²) in [5, 5.41) is 5.80. The summed E-state index contributed by atoms with van der Waals surface area (Å²) >= 11 is 6.15. The molecule has 0 radical (unpaired) electrons. The van der Waals surface area contributed by atoms with Gasteiger partial charge in [0.25, 0.3) is 5.91 Å². The molecule has 128 valence electrons. The van der Waals surface area contributed by atoms with Crippen LogP contribution in [0.2, 0.25) is 5.02 Å². The fourth-order valence-electron chi connectivity index (χ4n) is 1.73. The highest BCUT2D eigenvalue weighted by atomic mass is 35.5. The minimum Gasteiger partial charge on any atom is -0.383 e. The Hall–Kier alpha value is -1.63. The summed E-state index contributed by atoms with van der Waals surface area (Å²) in [7, 11) is 1.47. The highest BCUT2D eigenvalue weighted by Crippen LogP contribution is 2.22. The van der Waals surface area contributed by atoms with Crippen molar-refractivity contribution in [3.8, 4) is 0 Å². The highest BCUT2D eigenvalue weighted by molar-refractivity contribution is 6.34. The van der Waals surface area contributed by atoms with Crippen LogP contribution in [0.1, 0.15) is 37.6 Å². The zero-order valence-corrected chi connectivity index (χ0v) is 14.7. The van der Waals surface area contributed by atoms with E-state index in [1.54, 1.807) is 12.1 Å². The number of hydrogen-bond acceptors (Lipinski definition) is 4. The maximum absolute atomic E-state index is 12.2. The van der Waals surface area contributed by atoms with Crippen molar-refractivity contribution in [3.05, 3.63) is 28.8 Å². The molecule has 7 heteroatoms. The zero-order valence-electron chi connectivity index (χ0n) is 13.9. The fraction of sp³-hybridized carbons (Fsp3) is 0.500. The SMILES string of the molecule is CCC(C)(C)NC(=O)c1ccc(NC(=O)C(N)COC)cc1Cl. The van der Waals surface area contributed by atoms with Crippen LogP contribution in [0.5, 0.6) is 0 Å². The number of methoxy groups -OCH3 is 1. The van der Waals surface area contributed by atoms with Crippen LogP contribution in [0, 0.1) is 0 Å². The van der Waals surface area contributed by atoms with E-state index in [0.29, 0.717) is 11.3 Å². The number of rotatable bonds is 7. The summed E-state index contributed by atoms with van der Waals surface area (Å²) in [6, 6.07) is 3.93. The van der Waals surface area contributed by atoms with Crippen molar-refractivity contribution >= 4 is 29.1 Å². The first-order chi connectivity index (χ1) is 10.7. The fourth-order valence-corrected chi connectivity index (χ4v) is 2.00. The van der Waals surface area contributed by atoms with Gasteiger partial charge in [-0.15, -0.1) is 0 Å². The normalized spacial score (nSPS) is 12.6. The Kier molecular flexibility index (Phi) is 7.00. The lowest BCUT2D eigenvalue weighted by Gasteiger charge is -2.24. The third-order valence-corrected chi connectivity index (χ3v) is 3.81. The van der Waals surface area contributed by atoms with E-state index in [9.17, 15) is 9.59 Å². The van der Waals surface area contributed by atoms with E-state index in [4.69, 9.17) is 22.1 Å². The minimum atomic E-state index is -0.771. The van der Waals surface area contributed by atoms with Crippen LogP contribution in [-0.4, -0.2) is 37.1 Å². The van der Waals surface area contributed by atoms with E-state index >= 15 is 0 Å². The van der Waals surface area contributed by atoms with Crippen molar-refractivity contribution in [2.45, 2.75) is 38.8 Å². The molecular weight excluding hydrogens is 318 g/mol. The van der Waals surface area contributed by atoms with Crippen molar-refractivity contribution in [1.82, 2.24) is 5.32 Å².